The number of benzene rings is 2. The Labute approximate surface area is 131 Å². The summed E-state index contributed by atoms with van der Waals surface area (Å²) in [6.45, 7) is 0. The van der Waals surface area contributed by atoms with Crippen molar-refractivity contribution in [3.05, 3.63) is 60.4 Å². The average Bonchev–Trinajstić information content (AvgIpc) is 3.08. The molecule has 2 aromatic heterocycles. The SMILES string of the molecule is COC(=O)c1cnnn1-c1c2ccccc2nc2ccccc12. The van der Waals surface area contributed by atoms with Crippen LogP contribution in [0.4, 0.5) is 0 Å². The predicted molar refractivity (Wildman–Crippen MR) is 85.5 cm³/mol. The van der Waals surface area contributed by atoms with Crippen LogP contribution in [0.5, 0.6) is 0 Å². The lowest BCUT2D eigenvalue weighted by Gasteiger charge is -2.12. The topological polar surface area (TPSA) is 69.9 Å². The monoisotopic (exact) mass is 304 g/mol. The van der Waals surface area contributed by atoms with Crippen molar-refractivity contribution >= 4 is 27.8 Å². The summed E-state index contributed by atoms with van der Waals surface area (Å²) in [5, 5.41) is 9.75. The van der Waals surface area contributed by atoms with Gasteiger partial charge in [0.05, 0.1) is 30.0 Å². The zero-order valence-electron chi connectivity index (χ0n) is 12.3. The number of hydrogen-bond acceptors (Lipinski definition) is 5. The van der Waals surface area contributed by atoms with E-state index in [-0.39, 0.29) is 5.69 Å². The van der Waals surface area contributed by atoms with Gasteiger partial charge in [-0.1, -0.05) is 41.6 Å². The first kappa shape index (κ1) is 13.4. The predicted octanol–water partition coefficient (Wildman–Crippen LogP) is 2.76. The number of hydrogen-bond donors (Lipinski definition) is 0. The molecule has 0 spiro atoms. The van der Waals surface area contributed by atoms with Gasteiger partial charge in [-0.05, 0) is 12.1 Å². The van der Waals surface area contributed by atoms with Gasteiger partial charge in [0, 0.05) is 10.8 Å². The Morgan fingerprint density at radius 1 is 1.00 bits per heavy atom. The fourth-order valence-corrected chi connectivity index (χ4v) is 2.69. The standard InChI is InChI=1S/C17H12N4O2/c1-23-17(22)15-10-18-20-21(15)16-11-6-2-4-8-13(11)19-14-9-5-3-7-12(14)16/h2-10H,1H3. The molecule has 4 rings (SSSR count). The van der Waals surface area contributed by atoms with E-state index in [1.54, 1.807) is 0 Å². The number of nitrogens with zero attached hydrogens (tertiary/aromatic N) is 4. The molecular weight excluding hydrogens is 292 g/mol. The lowest BCUT2D eigenvalue weighted by molar-refractivity contribution is 0.0590. The number of ether oxygens (including phenoxy) is 1. The third-order valence-electron chi connectivity index (χ3n) is 3.71. The lowest BCUT2D eigenvalue weighted by Crippen LogP contribution is -2.11. The van der Waals surface area contributed by atoms with Gasteiger partial charge in [0.15, 0.2) is 5.69 Å². The minimum Gasteiger partial charge on any atom is -0.464 e. The van der Waals surface area contributed by atoms with Crippen LogP contribution in [0.15, 0.2) is 54.7 Å². The summed E-state index contributed by atoms with van der Waals surface area (Å²) in [5.74, 6) is -0.486. The first-order chi connectivity index (χ1) is 11.3. The van der Waals surface area contributed by atoms with E-state index in [0.717, 1.165) is 27.5 Å². The van der Waals surface area contributed by atoms with Crippen LogP contribution in [0.1, 0.15) is 10.5 Å². The fraction of sp³-hybridized carbons (Fsp3) is 0.0588. The summed E-state index contributed by atoms with van der Waals surface area (Å²) in [6, 6.07) is 15.5. The van der Waals surface area contributed by atoms with Crippen LogP contribution in [-0.4, -0.2) is 33.1 Å². The molecule has 0 fully saturated rings. The van der Waals surface area contributed by atoms with Gasteiger partial charge < -0.3 is 4.74 Å². The molecule has 0 aliphatic carbocycles. The minimum atomic E-state index is -0.486. The van der Waals surface area contributed by atoms with E-state index < -0.39 is 5.97 Å². The van der Waals surface area contributed by atoms with Crippen molar-refractivity contribution in [2.75, 3.05) is 7.11 Å². The van der Waals surface area contributed by atoms with Crippen molar-refractivity contribution in [1.29, 1.82) is 0 Å². The maximum absolute atomic E-state index is 12.0. The summed E-state index contributed by atoms with van der Waals surface area (Å²) in [6.07, 6.45) is 1.40. The molecule has 23 heavy (non-hydrogen) atoms. The summed E-state index contributed by atoms with van der Waals surface area (Å²) < 4.78 is 6.34. The highest BCUT2D eigenvalue weighted by Crippen LogP contribution is 2.29. The molecule has 0 atom stereocenters. The number of para-hydroxylation sites is 2. The molecule has 6 nitrogen and oxygen atoms in total. The first-order valence-corrected chi connectivity index (χ1v) is 7.06. The summed E-state index contributed by atoms with van der Waals surface area (Å²) in [5.41, 5.74) is 2.69. The third-order valence-corrected chi connectivity index (χ3v) is 3.71. The molecule has 2 heterocycles. The number of carbonyl (C=O) groups excluding carboxylic acids is 1. The summed E-state index contributed by atoms with van der Waals surface area (Å²) >= 11 is 0. The number of esters is 1. The van der Waals surface area contributed by atoms with E-state index in [1.165, 1.54) is 18.0 Å². The molecule has 0 aliphatic rings. The summed E-state index contributed by atoms with van der Waals surface area (Å²) in [4.78, 5) is 16.7. The van der Waals surface area contributed by atoms with E-state index in [1.807, 2.05) is 48.5 Å². The van der Waals surface area contributed by atoms with Gasteiger partial charge in [-0.25, -0.2) is 14.5 Å². The Kier molecular flexibility index (Phi) is 3.01. The van der Waals surface area contributed by atoms with Crippen molar-refractivity contribution in [2.24, 2.45) is 0 Å². The van der Waals surface area contributed by atoms with Crippen molar-refractivity contribution in [3.8, 4) is 5.69 Å². The van der Waals surface area contributed by atoms with E-state index in [2.05, 4.69) is 15.3 Å². The van der Waals surface area contributed by atoms with Gasteiger partial charge >= 0.3 is 5.97 Å². The molecular formula is C17H12N4O2. The molecule has 0 saturated carbocycles. The number of aromatic nitrogens is 4. The van der Waals surface area contributed by atoms with Crippen LogP contribution in [0.3, 0.4) is 0 Å². The highest BCUT2D eigenvalue weighted by Gasteiger charge is 2.19. The molecule has 4 aromatic rings. The largest absolute Gasteiger partial charge is 0.464 e. The zero-order chi connectivity index (χ0) is 15.8. The number of methoxy groups -OCH3 is 1. The molecule has 0 bridgehead atoms. The first-order valence-electron chi connectivity index (χ1n) is 7.06. The Balaban J connectivity index is 2.16. The molecule has 112 valence electrons. The van der Waals surface area contributed by atoms with Gasteiger partial charge in [0.2, 0.25) is 0 Å². The Morgan fingerprint density at radius 3 is 2.22 bits per heavy atom. The molecule has 2 aromatic carbocycles. The molecule has 0 N–H and O–H groups in total. The van der Waals surface area contributed by atoms with Crippen LogP contribution < -0.4 is 0 Å². The maximum atomic E-state index is 12.0. The lowest BCUT2D eigenvalue weighted by atomic mass is 10.1. The van der Waals surface area contributed by atoms with Gasteiger partial charge in [0.25, 0.3) is 0 Å². The Morgan fingerprint density at radius 2 is 1.61 bits per heavy atom. The van der Waals surface area contributed by atoms with Gasteiger partial charge in [-0.3, -0.25) is 0 Å². The zero-order valence-corrected chi connectivity index (χ0v) is 12.3. The summed E-state index contributed by atoms with van der Waals surface area (Å²) in [7, 11) is 1.34. The molecule has 0 radical (unpaired) electrons. The second-order valence-corrected chi connectivity index (χ2v) is 5.02. The molecule has 6 heteroatoms. The van der Waals surface area contributed by atoms with E-state index >= 15 is 0 Å². The highest BCUT2D eigenvalue weighted by molar-refractivity contribution is 6.04. The molecule has 0 amide bonds. The van der Waals surface area contributed by atoms with E-state index in [0.29, 0.717) is 0 Å². The maximum Gasteiger partial charge on any atom is 0.358 e. The molecule has 0 saturated heterocycles. The van der Waals surface area contributed by atoms with Crippen LogP contribution in [0, 0.1) is 0 Å². The van der Waals surface area contributed by atoms with Gasteiger partial charge in [-0.15, -0.1) is 5.10 Å². The smallest absolute Gasteiger partial charge is 0.358 e. The number of pyridine rings is 1. The van der Waals surface area contributed by atoms with Crippen LogP contribution in [0.2, 0.25) is 0 Å². The Bertz CT molecular complexity index is 985. The quantitative estimate of drug-likeness (QED) is 0.421. The van der Waals surface area contributed by atoms with Crippen molar-refractivity contribution in [2.45, 2.75) is 0 Å². The van der Waals surface area contributed by atoms with Gasteiger partial charge in [-0.2, -0.15) is 0 Å². The van der Waals surface area contributed by atoms with Crippen LogP contribution in [0.25, 0.3) is 27.5 Å². The molecule has 0 unspecified atom stereocenters. The van der Waals surface area contributed by atoms with Crippen molar-refractivity contribution in [1.82, 2.24) is 20.0 Å². The second-order valence-electron chi connectivity index (χ2n) is 5.02. The average molecular weight is 304 g/mol. The number of rotatable bonds is 2. The van der Waals surface area contributed by atoms with Crippen LogP contribution in [-0.2, 0) is 4.74 Å². The van der Waals surface area contributed by atoms with E-state index in [4.69, 9.17) is 4.74 Å². The molecule has 0 aliphatic heterocycles. The highest BCUT2D eigenvalue weighted by atomic mass is 16.5. The Hall–Kier alpha value is -3.28. The van der Waals surface area contributed by atoms with Gasteiger partial charge in [0.1, 0.15) is 0 Å². The minimum absolute atomic E-state index is 0.272. The number of carbonyl (C=O) groups is 1. The van der Waals surface area contributed by atoms with Crippen molar-refractivity contribution < 1.29 is 9.53 Å². The van der Waals surface area contributed by atoms with E-state index in [9.17, 15) is 4.79 Å². The van der Waals surface area contributed by atoms with Crippen molar-refractivity contribution in [3.63, 3.8) is 0 Å². The van der Waals surface area contributed by atoms with Crippen LogP contribution >= 0.6 is 0 Å². The second kappa shape index (κ2) is 5.17. The fourth-order valence-electron chi connectivity index (χ4n) is 2.69. The number of fused-ring (bicyclic) bond motifs is 2. The normalized spacial score (nSPS) is 11.0. The third kappa shape index (κ3) is 2.03.